The molecule has 5 rings (SSSR count). The number of anilines is 2. The Hall–Kier alpha value is -4.25. The Kier molecular flexibility index (Phi) is 6.38. The van der Waals surface area contributed by atoms with Crippen molar-refractivity contribution in [2.75, 3.05) is 31.5 Å². The standard InChI is InChI=1S/C25H21F3N6O2/c26-25(27,28)36-19-7-5-18(6-8-19)32-23-22-21(30-15-31-23)10-9-20(33-22)16-1-3-17(4-2-16)24(35)34-13-11-29-12-14-34/h1-10,15,29H,11-14H2,(H,30,31,32). The SMILES string of the molecule is O=C(c1ccc(-c2ccc3ncnc(Nc4ccc(OC(F)(F)F)cc4)c3n2)cc1)N1CCNCC1. The molecule has 11 heteroatoms. The summed E-state index contributed by atoms with van der Waals surface area (Å²) in [5, 5.41) is 6.30. The molecule has 1 saturated heterocycles. The molecule has 1 aliphatic heterocycles. The van der Waals surface area contributed by atoms with E-state index in [0.29, 0.717) is 46.9 Å². The van der Waals surface area contributed by atoms with E-state index in [4.69, 9.17) is 4.98 Å². The predicted molar refractivity (Wildman–Crippen MR) is 128 cm³/mol. The zero-order chi connectivity index (χ0) is 25.1. The molecule has 0 spiro atoms. The van der Waals surface area contributed by atoms with Gasteiger partial charge in [0.1, 0.15) is 17.6 Å². The summed E-state index contributed by atoms with van der Waals surface area (Å²) in [4.78, 5) is 27.8. The molecular weight excluding hydrogens is 473 g/mol. The maximum absolute atomic E-state index is 12.7. The summed E-state index contributed by atoms with van der Waals surface area (Å²) in [7, 11) is 0. The molecule has 2 aromatic heterocycles. The number of benzene rings is 2. The van der Waals surface area contributed by atoms with Gasteiger partial charge in [-0.15, -0.1) is 13.2 Å². The van der Waals surface area contributed by atoms with Crippen LogP contribution < -0.4 is 15.4 Å². The number of hydrogen-bond acceptors (Lipinski definition) is 7. The molecule has 2 N–H and O–H groups in total. The molecule has 1 amide bonds. The Balaban J connectivity index is 1.37. The minimum atomic E-state index is -4.76. The van der Waals surface area contributed by atoms with E-state index in [1.807, 2.05) is 29.2 Å². The van der Waals surface area contributed by atoms with Gasteiger partial charge in [-0.2, -0.15) is 0 Å². The van der Waals surface area contributed by atoms with Crippen LogP contribution in [0, 0.1) is 0 Å². The number of ether oxygens (including phenoxy) is 1. The number of nitrogens with one attached hydrogen (secondary N) is 2. The topological polar surface area (TPSA) is 92.3 Å². The van der Waals surface area contributed by atoms with Crippen molar-refractivity contribution in [2.24, 2.45) is 0 Å². The minimum absolute atomic E-state index is 0.000981. The quantitative estimate of drug-likeness (QED) is 0.426. The van der Waals surface area contributed by atoms with Crippen LogP contribution in [-0.2, 0) is 0 Å². The minimum Gasteiger partial charge on any atom is -0.406 e. The molecule has 3 heterocycles. The van der Waals surface area contributed by atoms with Crippen molar-refractivity contribution in [3.8, 4) is 17.0 Å². The monoisotopic (exact) mass is 494 g/mol. The van der Waals surface area contributed by atoms with Gasteiger partial charge in [-0.1, -0.05) is 12.1 Å². The molecule has 0 bridgehead atoms. The molecule has 36 heavy (non-hydrogen) atoms. The van der Waals surface area contributed by atoms with Crippen molar-refractivity contribution in [3.63, 3.8) is 0 Å². The first-order valence-corrected chi connectivity index (χ1v) is 11.2. The molecule has 0 unspecified atom stereocenters. The lowest BCUT2D eigenvalue weighted by Gasteiger charge is -2.27. The second-order valence-corrected chi connectivity index (χ2v) is 8.10. The molecule has 0 radical (unpaired) electrons. The van der Waals surface area contributed by atoms with Gasteiger partial charge in [0.15, 0.2) is 5.82 Å². The van der Waals surface area contributed by atoms with Crippen LogP contribution >= 0.6 is 0 Å². The summed E-state index contributed by atoms with van der Waals surface area (Å²) in [6, 6.07) is 16.2. The van der Waals surface area contributed by atoms with E-state index in [0.717, 1.165) is 18.7 Å². The number of amides is 1. The summed E-state index contributed by atoms with van der Waals surface area (Å²) in [6.45, 7) is 2.94. The maximum atomic E-state index is 12.7. The Morgan fingerprint density at radius 3 is 2.36 bits per heavy atom. The fourth-order valence-corrected chi connectivity index (χ4v) is 3.90. The number of carbonyl (C=O) groups excluding carboxylic acids is 1. The molecule has 0 atom stereocenters. The van der Waals surface area contributed by atoms with E-state index in [9.17, 15) is 18.0 Å². The molecular formula is C25H21F3N6O2. The van der Waals surface area contributed by atoms with Gasteiger partial charge in [0.05, 0.1) is 11.2 Å². The van der Waals surface area contributed by atoms with Crippen LogP contribution in [0.15, 0.2) is 67.0 Å². The Morgan fingerprint density at radius 1 is 0.944 bits per heavy atom. The van der Waals surface area contributed by atoms with E-state index in [1.54, 1.807) is 12.1 Å². The largest absolute Gasteiger partial charge is 0.573 e. The summed E-state index contributed by atoms with van der Waals surface area (Å²) in [5.41, 5.74) is 3.69. The van der Waals surface area contributed by atoms with E-state index < -0.39 is 6.36 Å². The van der Waals surface area contributed by atoms with Gasteiger partial charge in [-0.05, 0) is 48.5 Å². The molecule has 1 fully saturated rings. The van der Waals surface area contributed by atoms with E-state index in [2.05, 4.69) is 25.3 Å². The first-order chi connectivity index (χ1) is 17.4. The van der Waals surface area contributed by atoms with Crippen LogP contribution in [0.25, 0.3) is 22.3 Å². The highest BCUT2D eigenvalue weighted by Gasteiger charge is 2.31. The second kappa shape index (κ2) is 9.78. The summed E-state index contributed by atoms with van der Waals surface area (Å²) in [6.07, 6.45) is -3.38. The first-order valence-electron chi connectivity index (χ1n) is 11.2. The molecule has 1 aliphatic rings. The zero-order valence-corrected chi connectivity index (χ0v) is 18.9. The van der Waals surface area contributed by atoms with Gasteiger partial charge in [0.25, 0.3) is 5.91 Å². The third kappa shape index (κ3) is 5.36. The number of alkyl halides is 3. The molecule has 0 aliphatic carbocycles. The molecule has 2 aromatic carbocycles. The summed E-state index contributed by atoms with van der Waals surface area (Å²) < 4.78 is 41.1. The number of hydrogen-bond donors (Lipinski definition) is 2. The molecule has 4 aromatic rings. The van der Waals surface area contributed by atoms with Gasteiger partial charge in [0, 0.05) is 43.0 Å². The van der Waals surface area contributed by atoms with Crippen molar-refractivity contribution in [1.29, 1.82) is 0 Å². The number of nitrogens with zero attached hydrogens (tertiary/aromatic N) is 4. The lowest BCUT2D eigenvalue weighted by molar-refractivity contribution is -0.274. The van der Waals surface area contributed by atoms with Gasteiger partial charge in [-0.25, -0.2) is 15.0 Å². The summed E-state index contributed by atoms with van der Waals surface area (Å²) in [5.74, 6) is 0.0813. The van der Waals surface area contributed by atoms with Crippen LogP contribution in [0.5, 0.6) is 5.75 Å². The van der Waals surface area contributed by atoms with Crippen molar-refractivity contribution in [3.05, 3.63) is 72.6 Å². The lowest BCUT2D eigenvalue weighted by atomic mass is 10.1. The molecule has 8 nitrogen and oxygen atoms in total. The fraction of sp³-hybridized carbons (Fsp3) is 0.200. The second-order valence-electron chi connectivity index (χ2n) is 8.10. The number of pyridine rings is 1. The van der Waals surface area contributed by atoms with Gasteiger partial charge >= 0.3 is 6.36 Å². The lowest BCUT2D eigenvalue weighted by Crippen LogP contribution is -2.46. The average molecular weight is 494 g/mol. The van der Waals surface area contributed by atoms with Crippen molar-refractivity contribution < 1.29 is 22.7 Å². The first kappa shape index (κ1) is 23.5. The maximum Gasteiger partial charge on any atom is 0.573 e. The van der Waals surface area contributed by atoms with Gasteiger partial charge < -0.3 is 20.3 Å². The van der Waals surface area contributed by atoms with E-state index >= 15 is 0 Å². The smallest absolute Gasteiger partial charge is 0.406 e. The highest BCUT2D eigenvalue weighted by molar-refractivity contribution is 5.95. The van der Waals surface area contributed by atoms with Crippen molar-refractivity contribution >= 4 is 28.4 Å². The number of rotatable bonds is 5. The van der Waals surface area contributed by atoms with Crippen LogP contribution in [-0.4, -0.2) is 58.3 Å². The van der Waals surface area contributed by atoms with Crippen molar-refractivity contribution in [1.82, 2.24) is 25.2 Å². The Morgan fingerprint density at radius 2 is 1.67 bits per heavy atom. The number of fused-ring (bicyclic) bond motifs is 1. The van der Waals surface area contributed by atoms with E-state index in [1.165, 1.54) is 30.6 Å². The Labute approximate surface area is 204 Å². The highest BCUT2D eigenvalue weighted by Crippen LogP contribution is 2.28. The summed E-state index contributed by atoms with van der Waals surface area (Å²) >= 11 is 0. The molecule has 184 valence electrons. The molecule has 0 saturated carbocycles. The third-order valence-electron chi connectivity index (χ3n) is 5.66. The number of halogens is 3. The van der Waals surface area contributed by atoms with Crippen LogP contribution in [0.3, 0.4) is 0 Å². The number of aromatic nitrogens is 3. The Bertz CT molecular complexity index is 1370. The third-order valence-corrected chi connectivity index (χ3v) is 5.66. The van der Waals surface area contributed by atoms with Crippen LogP contribution in [0.1, 0.15) is 10.4 Å². The average Bonchev–Trinajstić information content (AvgIpc) is 2.89. The van der Waals surface area contributed by atoms with Gasteiger partial charge in [-0.3, -0.25) is 4.79 Å². The van der Waals surface area contributed by atoms with Crippen molar-refractivity contribution in [2.45, 2.75) is 6.36 Å². The number of piperazine rings is 1. The highest BCUT2D eigenvalue weighted by atomic mass is 19.4. The van der Waals surface area contributed by atoms with Crippen LogP contribution in [0.2, 0.25) is 0 Å². The number of carbonyl (C=O) groups is 1. The predicted octanol–water partition coefficient (Wildman–Crippen LogP) is 4.38. The normalized spacial score (nSPS) is 14.0. The van der Waals surface area contributed by atoms with Crippen LogP contribution in [0.4, 0.5) is 24.7 Å². The van der Waals surface area contributed by atoms with Gasteiger partial charge in [0.2, 0.25) is 0 Å². The van der Waals surface area contributed by atoms with E-state index in [-0.39, 0.29) is 11.7 Å². The fourth-order valence-electron chi connectivity index (χ4n) is 3.90. The zero-order valence-electron chi connectivity index (χ0n) is 18.9.